The van der Waals surface area contributed by atoms with E-state index in [2.05, 4.69) is 0 Å². The summed E-state index contributed by atoms with van der Waals surface area (Å²) in [6, 6.07) is 10.6. The van der Waals surface area contributed by atoms with Crippen LogP contribution in [0.25, 0.3) is 0 Å². The molecule has 4 nitrogen and oxygen atoms in total. The van der Waals surface area contributed by atoms with Crippen molar-refractivity contribution in [1.82, 2.24) is 0 Å². The fraction of sp³-hybridized carbons (Fsp3) is 0.214. The SMILES string of the molecule is Cc1cc(SCc2ccc([N+](=O)[O-])cc2)cc(C)[o+]1.[I-]. The van der Waals surface area contributed by atoms with Crippen LogP contribution in [0.1, 0.15) is 17.1 Å². The lowest BCUT2D eigenvalue weighted by molar-refractivity contribution is -0.384. The molecule has 0 aliphatic carbocycles. The molecule has 1 aromatic carbocycles. The number of nitro groups is 1. The van der Waals surface area contributed by atoms with Crippen LogP contribution in [0.15, 0.2) is 45.7 Å². The molecule has 1 aromatic heterocycles. The minimum absolute atomic E-state index is 0. The summed E-state index contributed by atoms with van der Waals surface area (Å²) < 4.78 is 5.42. The molecule has 0 radical (unpaired) electrons. The summed E-state index contributed by atoms with van der Waals surface area (Å²) in [5.41, 5.74) is 1.19. The summed E-state index contributed by atoms with van der Waals surface area (Å²) in [5, 5.41) is 10.6. The van der Waals surface area contributed by atoms with E-state index < -0.39 is 0 Å². The van der Waals surface area contributed by atoms with Crippen LogP contribution >= 0.6 is 11.8 Å². The first kappa shape index (κ1) is 16.9. The van der Waals surface area contributed by atoms with Crippen LogP contribution in [0.2, 0.25) is 0 Å². The van der Waals surface area contributed by atoms with Crippen LogP contribution in [-0.4, -0.2) is 4.92 Å². The summed E-state index contributed by atoms with van der Waals surface area (Å²) in [6.45, 7) is 3.84. The van der Waals surface area contributed by atoms with Gasteiger partial charge in [-0.25, -0.2) is 4.42 Å². The van der Waals surface area contributed by atoms with Gasteiger partial charge in [-0.3, -0.25) is 10.1 Å². The van der Waals surface area contributed by atoms with Gasteiger partial charge in [-0.1, -0.05) is 12.1 Å². The molecule has 1 heterocycles. The fourth-order valence-electron chi connectivity index (χ4n) is 1.72. The van der Waals surface area contributed by atoms with Gasteiger partial charge in [0.05, 0.1) is 30.9 Å². The zero-order chi connectivity index (χ0) is 13.8. The maximum absolute atomic E-state index is 10.6. The van der Waals surface area contributed by atoms with Gasteiger partial charge in [-0.15, -0.1) is 11.8 Å². The van der Waals surface area contributed by atoms with Crippen LogP contribution in [0.3, 0.4) is 0 Å². The topological polar surface area (TPSA) is 54.4 Å². The molecular formula is C14H14INO3S. The summed E-state index contributed by atoms with van der Waals surface area (Å²) in [6.07, 6.45) is 0. The van der Waals surface area contributed by atoms with Gasteiger partial charge in [0.2, 0.25) is 0 Å². The van der Waals surface area contributed by atoms with E-state index in [9.17, 15) is 10.1 Å². The first-order valence-corrected chi connectivity index (χ1v) is 6.81. The molecule has 20 heavy (non-hydrogen) atoms. The quantitative estimate of drug-likeness (QED) is 0.255. The number of halogens is 1. The van der Waals surface area contributed by atoms with E-state index in [0.29, 0.717) is 0 Å². The molecule has 0 amide bonds. The molecule has 0 bridgehead atoms. The van der Waals surface area contributed by atoms with Crippen molar-refractivity contribution >= 4 is 17.4 Å². The monoisotopic (exact) mass is 403 g/mol. The molecule has 0 saturated heterocycles. The lowest BCUT2D eigenvalue weighted by Crippen LogP contribution is -3.00. The van der Waals surface area contributed by atoms with Crippen LogP contribution in [0.4, 0.5) is 5.69 Å². The first-order chi connectivity index (χ1) is 9.04. The Hall–Kier alpha value is -1.15. The van der Waals surface area contributed by atoms with Gasteiger partial charge in [-0.05, 0) is 5.56 Å². The lowest BCUT2D eigenvalue weighted by atomic mass is 10.2. The summed E-state index contributed by atoms with van der Waals surface area (Å²) >= 11 is 1.69. The number of thioether (sulfide) groups is 1. The normalized spacial score (nSPS) is 9.90. The zero-order valence-corrected chi connectivity index (χ0v) is 14.1. The molecule has 0 saturated carbocycles. The van der Waals surface area contributed by atoms with Gasteiger partial charge in [0.25, 0.3) is 5.69 Å². The fourth-order valence-corrected chi connectivity index (χ4v) is 2.74. The molecule has 0 aliphatic heterocycles. The number of rotatable bonds is 4. The van der Waals surface area contributed by atoms with Crippen molar-refractivity contribution in [1.29, 1.82) is 0 Å². The smallest absolute Gasteiger partial charge is 0.327 e. The molecule has 0 aliphatic rings. The summed E-state index contributed by atoms with van der Waals surface area (Å²) in [4.78, 5) is 11.3. The number of non-ortho nitro benzene ring substituents is 1. The van der Waals surface area contributed by atoms with Gasteiger partial charge in [0.1, 0.15) is 0 Å². The molecule has 0 N–H and O–H groups in total. The van der Waals surface area contributed by atoms with Crippen molar-refractivity contribution < 1.29 is 33.3 Å². The molecule has 2 rings (SSSR count). The van der Waals surface area contributed by atoms with Gasteiger partial charge < -0.3 is 24.0 Å². The second kappa shape index (κ2) is 7.58. The van der Waals surface area contributed by atoms with Crippen molar-refractivity contribution in [3.8, 4) is 0 Å². The molecule has 106 valence electrons. The Morgan fingerprint density at radius 3 is 2.20 bits per heavy atom. The predicted octanol–water partition coefficient (Wildman–Crippen LogP) is 1.38. The van der Waals surface area contributed by atoms with E-state index in [0.717, 1.165) is 27.7 Å². The minimum atomic E-state index is -0.387. The van der Waals surface area contributed by atoms with Crippen molar-refractivity contribution in [2.75, 3.05) is 0 Å². The van der Waals surface area contributed by atoms with E-state index >= 15 is 0 Å². The highest BCUT2D eigenvalue weighted by Gasteiger charge is 2.09. The third-order valence-corrected chi connectivity index (χ3v) is 3.61. The van der Waals surface area contributed by atoms with Gasteiger partial charge in [0, 0.05) is 22.8 Å². The highest BCUT2D eigenvalue weighted by atomic mass is 127. The zero-order valence-electron chi connectivity index (χ0n) is 11.1. The number of aryl methyl sites for hydroxylation is 2. The van der Waals surface area contributed by atoms with Crippen LogP contribution in [0, 0.1) is 24.0 Å². The van der Waals surface area contributed by atoms with Crippen molar-refractivity contribution in [2.45, 2.75) is 24.5 Å². The van der Waals surface area contributed by atoms with Gasteiger partial charge in [-0.2, -0.15) is 0 Å². The maximum atomic E-state index is 10.6. The highest BCUT2D eigenvalue weighted by molar-refractivity contribution is 7.98. The van der Waals surface area contributed by atoms with Gasteiger partial charge >= 0.3 is 11.5 Å². The summed E-state index contributed by atoms with van der Waals surface area (Å²) in [7, 11) is 0. The maximum Gasteiger partial charge on any atom is 0.327 e. The molecule has 0 unspecified atom stereocenters. The Kier molecular flexibility index (Phi) is 6.41. The third-order valence-electron chi connectivity index (χ3n) is 2.57. The number of hydrogen-bond donors (Lipinski definition) is 0. The number of nitro benzene ring substituents is 1. The second-order valence-electron chi connectivity index (χ2n) is 4.23. The second-order valence-corrected chi connectivity index (χ2v) is 5.28. The van der Waals surface area contributed by atoms with Crippen molar-refractivity contribution in [3.63, 3.8) is 0 Å². The average Bonchev–Trinajstić information content (AvgIpc) is 2.36. The Morgan fingerprint density at radius 2 is 1.70 bits per heavy atom. The number of benzene rings is 1. The Labute approximate surface area is 138 Å². The van der Waals surface area contributed by atoms with Crippen LogP contribution < -0.4 is 24.0 Å². The number of nitrogens with zero attached hydrogens (tertiary/aromatic N) is 1. The Bertz CT molecular complexity index is 582. The van der Waals surface area contributed by atoms with E-state index in [-0.39, 0.29) is 34.6 Å². The third kappa shape index (κ3) is 4.75. The Morgan fingerprint density at radius 1 is 1.15 bits per heavy atom. The van der Waals surface area contributed by atoms with E-state index in [4.69, 9.17) is 4.42 Å². The van der Waals surface area contributed by atoms with Crippen LogP contribution in [-0.2, 0) is 5.75 Å². The van der Waals surface area contributed by atoms with E-state index in [1.807, 2.05) is 26.0 Å². The van der Waals surface area contributed by atoms with Crippen molar-refractivity contribution in [2.24, 2.45) is 0 Å². The largest absolute Gasteiger partial charge is 1.00 e. The molecular weight excluding hydrogens is 389 g/mol. The molecule has 0 atom stereocenters. The highest BCUT2D eigenvalue weighted by Crippen LogP contribution is 2.25. The standard InChI is InChI=1S/C14H14NO3S.HI/c1-10-7-14(8-11(2)18-10)19-9-12-3-5-13(6-4-12)15(16)17;/h3-8H,9H2,1-2H3;1H/q+1;/p-1. The summed E-state index contributed by atoms with van der Waals surface area (Å²) in [5.74, 6) is 2.54. The first-order valence-electron chi connectivity index (χ1n) is 5.82. The minimum Gasteiger partial charge on any atom is -1.00 e. The van der Waals surface area contributed by atoms with E-state index in [1.54, 1.807) is 23.9 Å². The van der Waals surface area contributed by atoms with Crippen molar-refractivity contribution in [3.05, 3.63) is 63.6 Å². The van der Waals surface area contributed by atoms with E-state index in [1.165, 1.54) is 12.1 Å². The van der Waals surface area contributed by atoms with Crippen LogP contribution in [0.5, 0.6) is 0 Å². The lowest BCUT2D eigenvalue weighted by Gasteiger charge is -2.01. The molecule has 2 aromatic rings. The molecule has 0 spiro atoms. The molecule has 6 heteroatoms. The Balaban J connectivity index is 0.00000200. The predicted molar refractivity (Wildman–Crippen MR) is 75.2 cm³/mol. The number of hydrogen-bond acceptors (Lipinski definition) is 3. The average molecular weight is 403 g/mol. The molecule has 0 fully saturated rings. The van der Waals surface area contributed by atoms with Gasteiger partial charge in [0.15, 0.2) is 0 Å².